The molecule has 0 bridgehead atoms. The zero-order chi connectivity index (χ0) is 12.1. The molecule has 0 atom stereocenters. The molecule has 0 spiro atoms. The van der Waals surface area contributed by atoms with Crippen LogP contribution in [0.4, 0.5) is 8.78 Å². The van der Waals surface area contributed by atoms with Crippen molar-refractivity contribution >= 4 is 11.7 Å². The molecule has 0 aromatic heterocycles. The molecule has 0 unspecified atom stereocenters. The average molecular weight is 229 g/mol. The smallest absolute Gasteiger partial charge is 0.361 e. The van der Waals surface area contributed by atoms with Crippen LogP contribution in [0.5, 0.6) is 0 Å². The summed E-state index contributed by atoms with van der Waals surface area (Å²) in [6.07, 6.45) is 0. The number of rotatable bonds is 3. The summed E-state index contributed by atoms with van der Waals surface area (Å²) in [5, 5.41) is 11.2. The normalized spacial score (nSPS) is 11.3. The van der Waals surface area contributed by atoms with E-state index in [0.717, 1.165) is 12.1 Å². The Balaban J connectivity index is 3.15. The van der Waals surface area contributed by atoms with Crippen molar-refractivity contribution in [3.05, 3.63) is 35.4 Å². The number of carbonyl (C=O) groups is 1. The Bertz CT molecular complexity index is 432. The van der Waals surface area contributed by atoms with Gasteiger partial charge in [-0.2, -0.15) is 0 Å². The van der Waals surface area contributed by atoms with E-state index in [9.17, 15) is 13.6 Å². The Labute approximate surface area is 90.1 Å². The summed E-state index contributed by atoms with van der Waals surface area (Å²) < 4.78 is 30.7. The van der Waals surface area contributed by atoms with E-state index in [4.69, 9.17) is 5.21 Å². The molecule has 0 heterocycles. The van der Waals surface area contributed by atoms with E-state index in [2.05, 4.69) is 9.89 Å². The third-order valence-corrected chi connectivity index (χ3v) is 1.78. The molecule has 1 aromatic rings. The molecule has 16 heavy (non-hydrogen) atoms. The topological polar surface area (TPSA) is 58.9 Å². The van der Waals surface area contributed by atoms with Gasteiger partial charge in [-0.25, -0.2) is 13.6 Å². The van der Waals surface area contributed by atoms with Crippen molar-refractivity contribution in [1.29, 1.82) is 0 Å². The van der Waals surface area contributed by atoms with Crippen LogP contribution in [0.2, 0.25) is 0 Å². The second-order valence-corrected chi connectivity index (χ2v) is 2.77. The number of hydrogen-bond donors (Lipinski definition) is 1. The average Bonchev–Trinajstić information content (AvgIpc) is 2.25. The number of nitrogens with zero attached hydrogens (tertiary/aromatic N) is 1. The van der Waals surface area contributed by atoms with Crippen molar-refractivity contribution in [2.24, 2.45) is 5.16 Å². The Kier molecular flexibility index (Phi) is 3.93. The van der Waals surface area contributed by atoms with Crippen molar-refractivity contribution in [2.45, 2.75) is 6.92 Å². The fourth-order valence-corrected chi connectivity index (χ4v) is 1.09. The molecule has 0 aliphatic carbocycles. The molecule has 0 saturated carbocycles. The van der Waals surface area contributed by atoms with Crippen LogP contribution < -0.4 is 0 Å². The van der Waals surface area contributed by atoms with E-state index in [0.29, 0.717) is 0 Å². The SMILES string of the molecule is CCOC(=O)/C(=N\O)c1cccc(F)c1F. The minimum absolute atomic E-state index is 0.0365. The Morgan fingerprint density at radius 2 is 2.19 bits per heavy atom. The molecule has 1 aromatic carbocycles. The monoisotopic (exact) mass is 229 g/mol. The van der Waals surface area contributed by atoms with Crippen molar-refractivity contribution in [2.75, 3.05) is 6.61 Å². The summed E-state index contributed by atoms with van der Waals surface area (Å²) in [6, 6.07) is 3.20. The lowest BCUT2D eigenvalue weighted by atomic mass is 10.1. The second-order valence-electron chi connectivity index (χ2n) is 2.77. The maximum atomic E-state index is 13.3. The van der Waals surface area contributed by atoms with Crippen LogP contribution in [0.3, 0.4) is 0 Å². The summed E-state index contributed by atoms with van der Waals surface area (Å²) in [7, 11) is 0. The van der Waals surface area contributed by atoms with Crippen molar-refractivity contribution < 1.29 is 23.5 Å². The number of ether oxygens (including phenoxy) is 1. The number of benzene rings is 1. The maximum absolute atomic E-state index is 13.3. The minimum atomic E-state index is -1.26. The van der Waals surface area contributed by atoms with Crippen LogP contribution in [-0.4, -0.2) is 23.5 Å². The van der Waals surface area contributed by atoms with Gasteiger partial charge in [0.2, 0.25) is 0 Å². The first-order valence-corrected chi connectivity index (χ1v) is 4.45. The highest BCUT2D eigenvalue weighted by Gasteiger charge is 2.21. The molecular formula is C10H9F2NO3. The zero-order valence-corrected chi connectivity index (χ0v) is 8.41. The lowest BCUT2D eigenvalue weighted by molar-refractivity contribution is -0.135. The molecule has 0 fully saturated rings. The molecule has 0 aliphatic rings. The van der Waals surface area contributed by atoms with E-state index >= 15 is 0 Å². The predicted octanol–water partition coefficient (Wildman–Crippen LogP) is 1.71. The molecule has 0 amide bonds. The molecular weight excluding hydrogens is 220 g/mol. The van der Waals surface area contributed by atoms with Gasteiger partial charge in [0.25, 0.3) is 0 Å². The molecule has 86 valence electrons. The zero-order valence-electron chi connectivity index (χ0n) is 8.41. The highest BCUT2D eigenvalue weighted by Crippen LogP contribution is 2.13. The Morgan fingerprint density at radius 3 is 2.75 bits per heavy atom. The van der Waals surface area contributed by atoms with Gasteiger partial charge >= 0.3 is 5.97 Å². The fourth-order valence-electron chi connectivity index (χ4n) is 1.09. The van der Waals surface area contributed by atoms with Crippen LogP contribution in [0.25, 0.3) is 0 Å². The first-order chi connectivity index (χ1) is 7.61. The first-order valence-electron chi connectivity index (χ1n) is 4.45. The van der Waals surface area contributed by atoms with E-state index < -0.39 is 28.9 Å². The van der Waals surface area contributed by atoms with E-state index in [1.807, 2.05) is 0 Å². The van der Waals surface area contributed by atoms with Crippen molar-refractivity contribution in [3.63, 3.8) is 0 Å². The van der Waals surface area contributed by atoms with E-state index in [-0.39, 0.29) is 6.61 Å². The third kappa shape index (κ3) is 2.33. The first kappa shape index (κ1) is 12.1. The third-order valence-electron chi connectivity index (χ3n) is 1.78. The molecule has 1 rings (SSSR count). The predicted molar refractivity (Wildman–Crippen MR) is 51.3 cm³/mol. The Morgan fingerprint density at radius 1 is 1.50 bits per heavy atom. The highest BCUT2D eigenvalue weighted by atomic mass is 19.2. The van der Waals surface area contributed by atoms with Crippen LogP contribution in [0.1, 0.15) is 12.5 Å². The van der Waals surface area contributed by atoms with E-state index in [1.165, 1.54) is 13.0 Å². The van der Waals surface area contributed by atoms with Gasteiger partial charge in [-0.1, -0.05) is 11.2 Å². The summed E-state index contributed by atoms with van der Waals surface area (Å²) >= 11 is 0. The van der Waals surface area contributed by atoms with Crippen LogP contribution in [0.15, 0.2) is 23.4 Å². The standard InChI is InChI=1S/C10H9F2NO3/c1-2-16-10(14)9(13-15)6-4-3-5-7(11)8(6)12/h3-5,15H,2H2,1H3/b13-9-. The van der Waals surface area contributed by atoms with Gasteiger partial charge in [0.15, 0.2) is 17.3 Å². The molecule has 0 saturated heterocycles. The molecule has 6 heteroatoms. The number of hydrogen-bond acceptors (Lipinski definition) is 4. The van der Waals surface area contributed by atoms with Gasteiger partial charge in [-0.15, -0.1) is 0 Å². The van der Waals surface area contributed by atoms with E-state index in [1.54, 1.807) is 0 Å². The van der Waals surface area contributed by atoms with Gasteiger partial charge in [0.05, 0.1) is 6.61 Å². The van der Waals surface area contributed by atoms with Crippen molar-refractivity contribution in [1.82, 2.24) is 0 Å². The fraction of sp³-hybridized carbons (Fsp3) is 0.200. The summed E-state index contributed by atoms with van der Waals surface area (Å²) in [4.78, 5) is 11.2. The number of halogens is 2. The maximum Gasteiger partial charge on any atom is 0.361 e. The largest absolute Gasteiger partial charge is 0.461 e. The molecule has 4 nitrogen and oxygen atoms in total. The molecule has 0 aliphatic heterocycles. The number of oxime groups is 1. The minimum Gasteiger partial charge on any atom is -0.461 e. The van der Waals surface area contributed by atoms with Crippen LogP contribution in [-0.2, 0) is 9.53 Å². The quantitative estimate of drug-likeness (QED) is 0.371. The highest BCUT2D eigenvalue weighted by molar-refractivity contribution is 6.43. The lowest BCUT2D eigenvalue weighted by Gasteiger charge is -2.05. The summed E-state index contributed by atoms with van der Waals surface area (Å²) in [5.74, 6) is -3.42. The Hall–Kier alpha value is -1.98. The van der Waals surface area contributed by atoms with Crippen LogP contribution in [0, 0.1) is 11.6 Å². The lowest BCUT2D eigenvalue weighted by Crippen LogP contribution is -2.20. The van der Waals surface area contributed by atoms with Gasteiger partial charge in [0.1, 0.15) is 0 Å². The summed E-state index contributed by atoms with van der Waals surface area (Å²) in [5.41, 5.74) is -1.11. The van der Waals surface area contributed by atoms with Gasteiger partial charge in [-0.05, 0) is 19.1 Å². The second kappa shape index (κ2) is 5.20. The van der Waals surface area contributed by atoms with Gasteiger partial charge < -0.3 is 9.94 Å². The molecule has 0 radical (unpaired) electrons. The number of esters is 1. The van der Waals surface area contributed by atoms with Gasteiger partial charge in [0, 0.05) is 5.56 Å². The molecule has 1 N–H and O–H groups in total. The van der Waals surface area contributed by atoms with Crippen molar-refractivity contribution in [3.8, 4) is 0 Å². The van der Waals surface area contributed by atoms with Crippen LogP contribution >= 0.6 is 0 Å². The summed E-state index contributed by atoms with van der Waals surface area (Å²) in [6.45, 7) is 1.57. The number of carbonyl (C=O) groups excluding carboxylic acids is 1. The van der Waals surface area contributed by atoms with Gasteiger partial charge in [-0.3, -0.25) is 0 Å².